The Hall–Kier alpha value is -0.890. The van der Waals surface area contributed by atoms with Gasteiger partial charge in [-0.05, 0) is 31.0 Å². The van der Waals surface area contributed by atoms with Crippen molar-refractivity contribution >= 4 is 21.6 Å². The van der Waals surface area contributed by atoms with E-state index in [1.807, 2.05) is 11.3 Å². The minimum absolute atomic E-state index is 0.518. The molecular weight excluding hydrogens is 178 g/mol. The molecule has 2 heterocycles. The van der Waals surface area contributed by atoms with Crippen molar-refractivity contribution < 1.29 is 0 Å². The van der Waals surface area contributed by atoms with E-state index in [0.717, 1.165) is 5.52 Å². The molecule has 0 N–H and O–H groups in total. The van der Waals surface area contributed by atoms with Crippen LogP contribution in [0.5, 0.6) is 0 Å². The van der Waals surface area contributed by atoms with Crippen LogP contribution in [0.25, 0.3) is 10.2 Å². The zero-order valence-corrected chi connectivity index (χ0v) is 8.98. The number of aromatic nitrogens is 1. The smallest absolute Gasteiger partial charge is 0.0815 e. The molecule has 0 aliphatic carbocycles. The van der Waals surface area contributed by atoms with Crippen molar-refractivity contribution in [3.05, 3.63) is 28.8 Å². The number of fused-ring (bicyclic) bond motifs is 1. The maximum Gasteiger partial charge on any atom is 0.0815 e. The van der Waals surface area contributed by atoms with Crippen LogP contribution in [-0.2, 0) is 0 Å². The van der Waals surface area contributed by atoms with E-state index in [-0.39, 0.29) is 0 Å². The van der Waals surface area contributed by atoms with Crippen molar-refractivity contribution in [3.63, 3.8) is 0 Å². The van der Waals surface area contributed by atoms with Gasteiger partial charge >= 0.3 is 0 Å². The first-order valence-corrected chi connectivity index (χ1v) is 5.35. The van der Waals surface area contributed by atoms with E-state index in [0.29, 0.717) is 5.92 Å². The number of thiophene rings is 1. The first-order valence-electron chi connectivity index (χ1n) is 4.54. The molecule has 0 aromatic carbocycles. The molecule has 2 heteroatoms. The lowest BCUT2D eigenvalue weighted by atomic mass is 10.1. The molecule has 0 saturated heterocycles. The monoisotopic (exact) mass is 191 g/mol. The first kappa shape index (κ1) is 8.70. The Morgan fingerprint density at radius 1 is 1.31 bits per heavy atom. The summed E-state index contributed by atoms with van der Waals surface area (Å²) in [4.78, 5) is 5.94. The van der Waals surface area contributed by atoms with Crippen molar-refractivity contribution in [1.82, 2.24) is 4.98 Å². The summed E-state index contributed by atoms with van der Waals surface area (Å²) in [5, 5.41) is 0. The third kappa shape index (κ3) is 1.59. The molecule has 0 bridgehead atoms. The second-order valence-corrected chi connectivity index (χ2v) is 4.92. The van der Waals surface area contributed by atoms with Crippen LogP contribution in [0.4, 0.5) is 0 Å². The molecule has 13 heavy (non-hydrogen) atoms. The highest BCUT2D eigenvalue weighted by molar-refractivity contribution is 7.18. The summed E-state index contributed by atoms with van der Waals surface area (Å²) in [6.45, 7) is 6.47. The third-order valence-corrected chi connectivity index (χ3v) is 3.11. The van der Waals surface area contributed by atoms with Crippen molar-refractivity contribution in [2.24, 2.45) is 0 Å². The van der Waals surface area contributed by atoms with Crippen molar-refractivity contribution in [2.45, 2.75) is 26.7 Å². The molecule has 2 rings (SSSR count). The number of aryl methyl sites for hydroxylation is 1. The van der Waals surface area contributed by atoms with Gasteiger partial charge in [-0.15, -0.1) is 11.3 Å². The average Bonchev–Trinajstić information content (AvgIpc) is 2.42. The van der Waals surface area contributed by atoms with Crippen LogP contribution in [0.3, 0.4) is 0 Å². The number of pyridine rings is 1. The second kappa shape index (κ2) is 3.11. The van der Waals surface area contributed by atoms with Gasteiger partial charge in [0.25, 0.3) is 0 Å². The van der Waals surface area contributed by atoms with Gasteiger partial charge in [-0.1, -0.05) is 13.8 Å². The number of nitrogens with zero attached hydrogens (tertiary/aromatic N) is 1. The molecular formula is C11H13NS. The standard InChI is InChI=1S/C11H13NS/c1-7(2)9-4-5-11-10(12-9)6-8(3)13-11/h4-7H,1-3H3. The Balaban J connectivity index is 2.61. The molecule has 68 valence electrons. The number of hydrogen-bond donors (Lipinski definition) is 0. The van der Waals surface area contributed by atoms with Gasteiger partial charge in [-0.2, -0.15) is 0 Å². The Labute approximate surface area is 82.4 Å². The van der Waals surface area contributed by atoms with Gasteiger partial charge in [-0.3, -0.25) is 4.98 Å². The molecule has 0 radical (unpaired) electrons. The van der Waals surface area contributed by atoms with Crippen LogP contribution in [0, 0.1) is 6.92 Å². The van der Waals surface area contributed by atoms with E-state index in [9.17, 15) is 0 Å². The van der Waals surface area contributed by atoms with Gasteiger partial charge in [0.05, 0.1) is 10.2 Å². The van der Waals surface area contributed by atoms with Crippen molar-refractivity contribution in [3.8, 4) is 0 Å². The van der Waals surface area contributed by atoms with Crippen molar-refractivity contribution in [2.75, 3.05) is 0 Å². The van der Waals surface area contributed by atoms with E-state index in [1.54, 1.807) is 0 Å². The maximum absolute atomic E-state index is 4.61. The quantitative estimate of drug-likeness (QED) is 0.669. The zero-order valence-electron chi connectivity index (χ0n) is 8.16. The fraction of sp³-hybridized carbons (Fsp3) is 0.364. The Morgan fingerprint density at radius 2 is 2.08 bits per heavy atom. The lowest BCUT2D eigenvalue weighted by Gasteiger charge is -2.02. The third-order valence-electron chi connectivity index (χ3n) is 2.11. The highest BCUT2D eigenvalue weighted by atomic mass is 32.1. The van der Waals surface area contributed by atoms with Crippen molar-refractivity contribution in [1.29, 1.82) is 0 Å². The summed E-state index contributed by atoms with van der Waals surface area (Å²) in [6.07, 6.45) is 0. The van der Waals surface area contributed by atoms with E-state index in [4.69, 9.17) is 0 Å². The fourth-order valence-corrected chi connectivity index (χ4v) is 2.25. The first-order chi connectivity index (χ1) is 6.16. The van der Waals surface area contributed by atoms with E-state index in [2.05, 4.69) is 44.0 Å². The van der Waals surface area contributed by atoms with Gasteiger partial charge in [0.1, 0.15) is 0 Å². The van der Waals surface area contributed by atoms with Crippen LogP contribution in [0.2, 0.25) is 0 Å². The summed E-state index contributed by atoms with van der Waals surface area (Å²) in [6, 6.07) is 6.46. The molecule has 0 saturated carbocycles. The van der Waals surface area contributed by atoms with E-state index in [1.165, 1.54) is 15.3 Å². The lowest BCUT2D eigenvalue weighted by Crippen LogP contribution is -1.90. The van der Waals surface area contributed by atoms with Crippen LogP contribution in [0.15, 0.2) is 18.2 Å². The van der Waals surface area contributed by atoms with Crippen LogP contribution in [-0.4, -0.2) is 4.98 Å². The molecule has 2 aromatic rings. The Kier molecular flexibility index (Phi) is 2.08. The van der Waals surface area contributed by atoms with Gasteiger partial charge < -0.3 is 0 Å². The summed E-state index contributed by atoms with van der Waals surface area (Å²) >= 11 is 1.81. The Morgan fingerprint density at radius 3 is 2.77 bits per heavy atom. The molecule has 2 aromatic heterocycles. The molecule has 0 aliphatic rings. The summed E-state index contributed by atoms with van der Waals surface area (Å²) in [7, 11) is 0. The van der Waals surface area contributed by atoms with Crippen LogP contribution >= 0.6 is 11.3 Å². The maximum atomic E-state index is 4.61. The molecule has 0 amide bonds. The van der Waals surface area contributed by atoms with Gasteiger partial charge in [0.2, 0.25) is 0 Å². The number of rotatable bonds is 1. The van der Waals surface area contributed by atoms with Crippen LogP contribution in [0.1, 0.15) is 30.3 Å². The minimum atomic E-state index is 0.518. The largest absolute Gasteiger partial charge is 0.252 e. The molecule has 0 atom stereocenters. The summed E-state index contributed by atoms with van der Waals surface area (Å²) in [5.74, 6) is 0.518. The normalized spacial score (nSPS) is 11.4. The molecule has 0 aliphatic heterocycles. The second-order valence-electron chi connectivity index (χ2n) is 3.63. The average molecular weight is 191 g/mol. The minimum Gasteiger partial charge on any atom is -0.252 e. The molecule has 0 spiro atoms. The molecule has 0 unspecified atom stereocenters. The van der Waals surface area contributed by atoms with Gasteiger partial charge in [0.15, 0.2) is 0 Å². The summed E-state index contributed by atoms with van der Waals surface area (Å²) < 4.78 is 1.29. The van der Waals surface area contributed by atoms with Gasteiger partial charge in [0, 0.05) is 10.6 Å². The van der Waals surface area contributed by atoms with Crippen LogP contribution < -0.4 is 0 Å². The Bertz CT molecular complexity index is 429. The number of hydrogen-bond acceptors (Lipinski definition) is 2. The predicted octanol–water partition coefficient (Wildman–Crippen LogP) is 3.73. The fourth-order valence-electron chi connectivity index (χ4n) is 1.38. The molecule has 0 fully saturated rings. The lowest BCUT2D eigenvalue weighted by molar-refractivity contribution is 0.830. The topological polar surface area (TPSA) is 12.9 Å². The van der Waals surface area contributed by atoms with E-state index >= 15 is 0 Å². The van der Waals surface area contributed by atoms with E-state index < -0.39 is 0 Å². The molecule has 1 nitrogen and oxygen atoms in total. The predicted molar refractivity (Wildman–Crippen MR) is 58.4 cm³/mol. The highest BCUT2D eigenvalue weighted by Crippen LogP contribution is 2.25. The zero-order chi connectivity index (χ0) is 9.42. The van der Waals surface area contributed by atoms with Gasteiger partial charge in [-0.25, -0.2) is 0 Å². The summed E-state index contributed by atoms with van der Waals surface area (Å²) in [5.41, 5.74) is 2.33. The highest BCUT2D eigenvalue weighted by Gasteiger charge is 2.03. The SMILES string of the molecule is Cc1cc2nc(C(C)C)ccc2s1.